The number of nitrogens with one attached hydrogen (secondary N) is 2. The van der Waals surface area contributed by atoms with Crippen molar-refractivity contribution in [2.24, 2.45) is 16.8 Å². The number of nitrogens with zero attached hydrogens (tertiary/aromatic N) is 7. The molecule has 2 aliphatic heterocycles. The van der Waals surface area contributed by atoms with Gasteiger partial charge in [0, 0.05) is 37.6 Å². The van der Waals surface area contributed by atoms with Crippen molar-refractivity contribution in [1.29, 1.82) is 0 Å². The number of hydrogen-bond donors (Lipinski definition) is 8. The van der Waals surface area contributed by atoms with E-state index in [9.17, 15) is 35.0 Å². The van der Waals surface area contributed by atoms with Crippen LogP contribution >= 0.6 is 0 Å². The van der Waals surface area contributed by atoms with E-state index >= 15 is 0 Å². The Morgan fingerprint density at radius 3 is 2.43 bits per heavy atom. The molecule has 0 bridgehead atoms. The van der Waals surface area contributed by atoms with Gasteiger partial charge in [0.15, 0.2) is 17.9 Å². The third-order valence-electron chi connectivity index (χ3n) is 8.33. The molecule has 5 heterocycles. The first-order valence-electron chi connectivity index (χ1n) is 16.2. The number of hydrazone groups is 1. The van der Waals surface area contributed by atoms with Crippen LogP contribution in [0.2, 0.25) is 0 Å². The summed E-state index contributed by atoms with van der Waals surface area (Å²) in [5.41, 5.74) is 8.05. The van der Waals surface area contributed by atoms with E-state index in [4.69, 9.17) is 10.5 Å². The predicted molar refractivity (Wildman–Crippen MR) is 185 cm³/mol. The van der Waals surface area contributed by atoms with Gasteiger partial charge in [-0.1, -0.05) is 44.2 Å². The van der Waals surface area contributed by atoms with E-state index in [1.807, 2.05) is 44.2 Å². The average Bonchev–Trinajstić information content (AvgIpc) is 3.64. The smallest absolute Gasteiger partial charge is 0.426 e. The average molecular weight is 705 g/mol. The molecule has 51 heavy (non-hydrogen) atoms. The highest BCUT2D eigenvalue weighted by Gasteiger charge is 2.44. The fraction of sp³-hybridized carbons (Fsp3) is 0.406. The van der Waals surface area contributed by atoms with Crippen LogP contribution in [0.15, 0.2) is 66.5 Å². The molecule has 6 atom stereocenters. The minimum Gasteiger partial charge on any atom is -0.426 e. The largest absolute Gasteiger partial charge is 0.475 e. The van der Waals surface area contributed by atoms with Gasteiger partial charge in [0.05, 0.1) is 24.1 Å². The first-order chi connectivity index (χ1) is 24.4. The number of ether oxygens (including phenoxy) is 1. The quantitative estimate of drug-likeness (QED) is 0.0824. The van der Waals surface area contributed by atoms with Crippen molar-refractivity contribution in [2.75, 3.05) is 18.7 Å². The maximum Gasteiger partial charge on any atom is 0.475 e. The van der Waals surface area contributed by atoms with Gasteiger partial charge in [-0.25, -0.2) is 20.0 Å². The van der Waals surface area contributed by atoms with Crippen LogP contribution in [0.4, 0.5) is 5.82 Å². The number of aliphatic hydroxyl groups is 3. The van der Waals surface area contributed by atoms with Gasteiger partial charge in [0.2, 0.25) is 5.91 Å². The van der Waals surface area contributed by atoms with Crippen LogP contribution in [0, 0.1) is 5.92 Å². The van der Waals surface area contributed by atoms with Crippen molar-refractivity contribution >= 4 is 41.6 Å². The van der Waals surface area contributed by atoms with E-state index in [0.717, 1.165) is 5.56 Å². The molecule has 0 saturated carbocycles. The Balaban J connectivity index is 0.000000201. The van der Waals surface area contributed by atoms with Crippen molar-refractivity contribution in [3.8, 4) is 0 Å². The molecule has 18 nitrogen and oxygen atoms in total. The maximum absolute atomic E-state index is 12.8. The van der Waals surface area contributed by atoms with Gasteiger partial charge in [0.1, 0.15) is 42.0 Å². The zero-order chi connectivity index (χ0) is 36.8. The summed E-state index contributed by atoms with van der Waals surface area (Å²) in [5, 5.41) is 60.3. The minimum atomic E-state index is -1.69. The van der Waals surface area contributed by atoms with E-state index in [-0.39, 0.29) is 18.0 Å². The summed E-state index contributed by atoms with van der Waals surface area (Å²) >= 11 is 0. The number of amides is 2. The highest BCUT2D eigenvalue weighted by Crippen LogP contribution is 2.37. The number of carbonyl (C=O) groups excluding carboxylic acids is 2. The number of amidine groups is 1. The molecular weight excluding hydrogens is 663 g/mol. The Morgan fingerprint density at radius 2 is 1.80 bits per heavy atom. The Kier molecular flexibility index (Phi) is 11.9. The van der Waals surface area contributed by atoms with E-state index in [1.165, 1.54) is 24.9 Å². The van der Waals surface area contributed by atoms with E-state index in [0.29, 0.717) is 34.7 Å². The Hall–Kier alpha value is -5.05. The third kappa shape index (κ3) is 8.47. The number of aliphatic hydroxyl groups excluding tert-OH is 3. The normalized spacial score (nSPS) is 20.6. The lowest BCUT2D eigenvalue weighted by atomic mass is 9.75. The number of aromatic nitrogens is 5. The molecule has 0 spiro atoms. The summed E-state index contributed by atoms with van der Waals surface area (Å²) in [7, 11) is 0.0286. The molecule has 9 N–H and O–H groups in total. The molecule has 4 aromatic rings. The number of rotatable bonds is 11. The van der Waals surface area contributed by atoms with Gasteiger partial charge in [-0.3, -0.25) is 14.6 Å². The zero-order valence-corrected chi connectivity index (χ0v) is 28.2. The molecule has 2 aliphatic rings. The SMILES string of the molecule is CC(C)C[C@H](NC(=O)[C@H](Cc1ccccc1)NC(=O)c1cnccn1)B(O)O.CN1N=C(N)c2cn([C@@H]3O[C@H](CO)[C@@H](O)[C@H]3O)c3ncnc1c23. The molecule has 3 aromatic heterocycles. The second-order valence-corrected chi connectivity index (χ2v) is 12.5. The molecule has 6 rings (SSSR count). The molecule has 1 fully saturated rings. The number of hydrogen-bond acceptors (Lipinski definition) is 15. The highest BCUT2D eigenvalue weighted by molar-refractivity contribution is 6.43. The van der Waals surface area contributed by atoms with Crippen LogP contribution in [0.25, 0.3) is 11.0 Å². The van der Waals surface area contributed by atoms with Crippen molar-refractivity contribution in [3.05, 3.63) is 78.3 Å². The Labute approximate surface area is 293 Å². The number of anilines is 1. The van der Waals surface area contributed by atoms with Gasteiger partial charge in [0.25, 0.3) is 5.91 Å². The minimum absolute atomic E-state index is 0.0919. The fourth-order valence-corrected chi connectivity index (χ4v) is 5.83. The molecule has 19 heteroatoms. The lowest BCUT2D eigenvalue weighted by Crippen LogP contribution is -2.55. The Morgan fingerprint density at radius 1 is 1.06 bits per heavy atom. The number of nitrogens with two attached hydrogens (primary N) is 1. The molecule has 1 saturated heterocycles. The van der Waals surface area contributed by atoms with Gasteiger partial charge < -0.3 is 51.0 Å². The number of carbonyl (C=O) groups is 2. The summed E-state index contributed by atoms with van der Waals surface area (Å²) in [6.07, 6.45) is 3.68. The predicted octanol–water partition coefficient (Wildman–Crippen LogP) is -1.53. The van der Waals surface area contributed by atoms with Crippen LogP contribution in [-0.4, -0.2) is 119 Å². The van der Waals surface area contributed by atoms with Crippen LogP contribution in [0.5, 0.6) is 0 Å². The van der Waals surface area contributed by atoms with Crippen molar-refractivity contribution in [2.45, 2.75) is 63.2 Å². The lowest BCUT2D eigenvalue weighted by molar-refractivity contribution is -0.123. The van der Waals surface area contributed by atoms with Crippen molar-refractivity contribution in [3.63, 3.8) is 0 Å². The summed E-state index contributed by atoms with van der Waals surface area (Å²) in [4.78, 5) is 41.5. The van der Waals surface area contributed by atoms with Crippen LogP contribution in [-0.2, 0) is 16.0 Å². The van der Waals surface area contributed by atoms with Gasteiger partial charge in [-0.2, -0.15) is 5.10 Å². The van der Waals surface area contributed by atoms with Gasteiger partial charge >= 0.3 is 7.12 Å². The van der Waals surface area contributed by atoms with Gasteiger partial charge in [-0.05, 0) is 17.9 Å². The molecule has 0 aliphatic carbocycles. The van der Waals surface area contributed by atoms with Crippen LogP contribution in [0.1, 0.15) is 48.1 Å². The first-order valence-corrected chi connectivity index (χ1v) is 16.2. The Bertz CT molecular complexity index is 1830. The highest BCUT2D eigenvalue weighted by atomic mass is 16.6. The molecule has 0 radical (unpaired) electrons. The van der Waals surface area contributed by atoms with Crippen molar-refractivity contribution < 1.29 is 39.7 Å². The molecule has 1 aromatic carbocycles. The lowest BCUT2D eigenvalue weighted by Gasteiger charge is -2.24. The third-order valence-corrected chi connectivity index (χ3v) is 8.33. The summed E-state index contributed by atoms with van der Waals surface area (Å²) in [5.74, 6) is -0.836. The van der Waals surface area contributed by atoms with E-state index in [1.54, 1.807) is 22.8 Å². The zero-order valence-electron chi connectivity index (χ0n) is 28.2. The summed E-state index contributed by atoms with van der Waals surface area (Å²) < 4.78 is 7.15. The van der Waals surface area contributed by atoms with Crippen LogP contribution in [0.3, 0.4) is 0 Å². The van der Waals surface area contributed by atoms with E-state index in [2.05, 4.69) is 35.7 Å². The molecule has 2 amide bonds. The molecule has 270 valence electrons. The topological polar surface area (TPSA) is 267 Å². The van der Waals surface area contributed by atoms with E-state index < -0.39 is 62.1 Å². The second-order valence-electron chi connectivity index (χ2n) is 12.5. The molecule has 0 unspecified atom stereocenters. The second kappa shape index (κ2) is 16.3. The van der Waals surface area contributed by atoms with Crippen LogP contribution < -0.4 is 21.4 Å². The first kappa shape index (κ1) is 37.2. The van der Waals surface area contributed by atoms with Gasteiger partial charge in [-0.15, -0.1) is 0 Å². The fourth-order valence-electron chi connectivity index (χ4n) is 5.83. The van der Waals surface area contributed by atoms with Crippen molar-refractivity contribution in [1.82, 2.24) is 35.1 Å². The summed E-state index contributed by atoms with van der Waals surface area (Å²) in [6, 6.07) is 8.33. The molecular formula is C32H41BN10O8. The summed E-state index contributed by atoms with van der Waals surface area (Å²) in [6.45, 7) is 3.44. The monoisotopic (exact) mass is 704 g/mol. The standard InChI is InChI=1S/C19H25BN4O4.C13H16N6O4/c1-13(2)10-17(20(27)28)24-18(25)15(11-14-6-4-3-5-7-14)23-19(26)16-12-21-8-9-22-16;1-18-11-7-5(10(14)17-18)2-19(12(7)16-4-15-11)13-9(22)8(21)6(3-20)23-13/h3-9,12-13,15,17,27-28H,10-11H2,1-2H3,(H,23,26)(H,24,25);2,4,6,8-9,13,20-22H,3H2,1H3,(H2,14,17)/t15-,17-;6-,8-,9-,13-/m01/s1. The number of benzene rings is 1. The maximum atomic E-state index is 12.8.